The van der Waals surface area contributed by atoms with E-state index in [0.717, 1.165) is 22.2 Å². The van der Waals surface area contributed by atoms with Gasteiger partial charge in [0.1, 0.15) is 5.82 Å². The number of thiazole rings is 1. The smallest absolute Gasteiger partial charge is 0.226 e. The van der Waals surface area contributed by atoms with Gasteiger partial charge in [0.15, 0.2) is 5.13 Å². The number of amides is 2. The Bertz CT molecular complexity index is 954. The van der Waals surface area contributed by atoms with E-state index in [9.17, 15) is 14.0 Å². The maximum atomic E-state index is 12.9. The Balaban J connectivity index is 1.59. The quantitative estimate of drug-likeness (QED) is 0.617. The van der Waals surface area contributed by atoms with E-state index >= 15 is 0 Å². The molecule has 2 amide bonds. The summed E-state index contributed by atoms with van der Waals surface area (Å²) in [5.41, 5.74) is 2.42. The first-order valence-electron chi connectivity index (χ1n) is 8.78. The van der Waals surface area contributed by atoms with Crippen LogP contribution in [0.25, 0.3) is 10.2 Å². The molecule has 0 aliphatic heterocycles. The van der Waals surface area contributed by atoms with Gasteiger partial charge in [-0.1, -0.05) is 24.3 Å². The van der Waals surface area contributed by atoms with Crippen LogP contribution in [0.2, 0.25) is 0 Å². The molecule has 0 saturated carbocycles. The second-order valence-electron chi connectivity index (χ2n) is 6.17. The second-order valence-corrected chi connectivity index (χ2v) is 7.20. The lowest BCUT2D eigenvalue weighted by atomic mass is 10.1. The standard InChI is InChI=1S/C20H20FN3O2S/c1-2-3-18(25)24-20-23-16-10-4-13(12-17(16)27-20)5-11-19(26)22-15-8-6-14(21)7-9-15/h4,6-10,12H,2-3,5,11H2,1H3,(H,22,26)(H,23,24,25). The number of hydrogen-bond donors (Lipinski definition) is 2. The van der Waals surface area contributed by atoms with Gasteiger partial charge in [-0.2, -0.15) is 0 Å². The Morgan fingerprint density at radius 1 is 1.04 bits per heavy atom. The maximum Gasteiger partial charge on any atom is 0.226 e. The van der Waals surface area contributed by atoms with Gasteiger partial charge in [-0.3, -0.25) is 9.59 Å². The minimum Gasteiger partial charge on any atom is -0.326 e. The Morgan fingerprint density at radius 3 is 2.52 bits per heavy atom. The summed E-state index contributed by atoms with van der Waals surface area (Å²) < 4.78 is 13.9. The van der Waals surface area contributed by atoms with E-state index < -0.39 is 0 Å². The number of hydrogen-bond acceptors (Lipinski definition) is 4. The molecule has 0 bridgehead atoms. The predicted octanol–water partition coefficient (Wildman–Crippen LogP) is 4.75. The molecule has 2 aromatic carbocycles. The molecule has 0 atom stereocenters. The highest BCUT2D eigenvalue weighted by Crippen LogP contribution is 2.27. The number of benzene rings is 2. The first-order valence-corrected chi connectivity index (χ1v) is 9.60. The number of fused-ring (bicyclic) bond motifs is 1. The molecule has 27 heavy (non-hydrogen) atoms. The van der Waals surface area contributed by atoms with Crippen LogP contribution in [0.1, 0.15) is 31.7 Å². The van der Waals surface area contributed by atoms with Crippen molar-refractivity contribution in [1.82, 2.24) is 4.98 Å². The molecule has 0 spiro atoms. The average molecular weight is 385 g/mol. The molecule has 0 unspecified atom stereocenters. The Hall–Kier alpha value is -2.80. The molecule has 0 fully saturated rings. The van der Waals surface area contributed by atoms with Crippen LogP contribution in [0, 0.1) is 5.82 Å². The van der Waals surface area contributed by atoms with Crippen molar-refractivity contribution in [1.29, 1.82) is 0 Å². The third-order valence-corrected chi connectivity index (χ3v) is 4.88. The highest BCUT2D eigenvalue weighted by atomic mass is 32.1. The molecule has 0 aliphatic carbocycles. The van der Waals surface area contributed by atoms with Gasteiger partial charge >= 0.3 is 0 Å². The normalized spacial score (nSPS) is 10.7. The van der Waals surface area contributed by atoms with Gasteiger partial charge in [-0.15, -0.1) is 0 Å². The minimum atomic E-state index is -0.337. The van der Waals surface area contributed by atoms with Crippen molar-refractivity contribution in [2.45, 2.75) is 32.6 Å². The van der Waals surface area contributed by atoms with Crippen LogP contribution in [0.4, 0.5) is 15.2 Å². The first kappa shape index (κ1) is 19.0. The van der Waals surface area contributed by atoms with Crippen LogP contribution >= 0.6 is 11.3 Å². The number of aromatic nitrogens is 1. The summed E-state index contributed by atoms with van der Waals surface area (Å²) in [5.74, 6) is -0.496. The third-order valence-electron chi connectivity index (χ3n) is 3.94. The summed E-state index contributed by atoms with van der Waals surface area (Å²) in [7, 11) is 0. The van der Waals surface area contributed by atoms with Gasteiger partial charge in [-0.05, 0) is 54.8 Å². The lowest BCUT2D eigenvalue weighted by Crippen LogP contribution is -2.12. The van der Waals surface area contributed by atoms with Crippen molar-refractivity contribution in [3.8, 4) is 0 Å². The molecule has 1 heterocycles. The molecule has 5 nitrogen and oxygen atoms in total. The summed E-state index contributed by atoms with van der Waals surface area (Å²) in [6.07, 6.45) is 2.17. The van der Waals surface area contributed by atoms with Crippen LogP contribution in [0.15, 0.2) is 42.5 Å². The number of anilines is 2. The molecule has 140 valence electrons. The van der Waals surface area contributed by atoms with Crippen LogP contribution < -0.4 is 10.6 Å². The molecular weight excluding hydrogens is 365 g/mol. The molecule has 2 N–H and O–H groups in total. The number of rotatable bonds is 7. The van der Waals surface area contributed by atoms with E-state index in [1.54, 1.807) is 0 Å². The fraction of sp³-hybridized carbons (Fsp3) is 0.250. The summed E-state index contributed by atoms with van der Waals surface area (Å²) in [5, 5.41) is 6.15. The van der Waals surface area contributed by atoms with Crippen molar-refractivity contribution in [2.75, 3.05) is 10.6 Å². The topological polar surface area (TPSA) is 71.1 Å². The molecule has 0 aliphatic rings. The van der Waals surface area contributed by atoms with Crippen LogP contribution in [0.5, 0.6) is 0 Å². The highest BCUT2D eigenvalue weighted by Gasteiger charge is 2.09. The molecule has 7 heteroatoms. The number of aryl methyl sites for hydroxylation is 1. The number of nitrogens with one attached hydrogen (secondary N) is 2. The minimum absolute atomic E-state index is 0.0331. The van der Waals surface area contributed by atoms with Crippen LogP contribution in [0.3, 0.4) is 0 Å². The Morgan fingerprint density at radius 2 is 1.78 bits per heavy atom. The van der Waals surface area contributed by atoms with Crippen molar-refractivity contribution in [3.05, 3.63) is 53.8 Å². The Kier molecular flexibility index (Phi) is 6.13. The molecule has 0 saturated heterocycles. The van der Waals surface area contributed by atoms with Gasteiger partial charge < -0.3 is 10.6 Å². The van der Waals surface area contributed by atoms with Crippen LogP contribution in [-0.2, 0) is 16.0 Å². The highest BCUT2D eigenvalue weighted by molar-refractivity contribution is 7.22. The van der Waals surface area contributed by atoms with E-state index in [0.29, 0.717) is 30.1 Å². The molecule has 3 aromatic rings. The monoisotopic (exact) mass is 385 g/mol. The number of nitrogens with zero attached hydrogens (tertiary/aromatic N) is 1. The van der Waals surface area contributed by atoms with Crippen LogP contribution in [-0.4, -0.2) is 16.8 Å². The van der Waals surface area contributed by atoms with Crippen molar-refractivity contribution < 1.29 is 14.0 Å². The first-order chi connectivity index (χ1) is 13.0. The van der Waals surface area contributed by atoms with Gasteiger partial charge in [0.05, 0.1) is 10.2 Å². The summed E-state index contributed by atoms with van der Waals surface area (Å²) in [4.78, 5) is 28.2. The lowest BCUT2D eigenvalue weighted by molar-refractivity contribution is -0.117. The molecular formula is C20H20FN3O2S. The summed E-state index contributed by atoms with van der Waals surface area (Å²) >= 11 is 1.42. The second kappa shape index (κ2) is 8.73. The summed E-state index contributed by atoms with van der Waals surface area (Å²) in [6, 6.07) is 11.5. The van der Waals surface area contributed by atoms with E-state index in [2.05, 4.69) is 15.6 Å². The van der Waals surface area contributed by atoms with E-state index in [1.807, 2.05) is 25.1 Å². The van der Waals surface area contributed by atoms with Gasteiger partial charge in [-0.25, -0.2) is 9.37 Å². The van der Waals surface area contributed by atoms with Crippen molar-refractivity contribution in [2.24, 2.45) is 0 Å². The maximum absolute atomic E-state index is 12.9. The SMILES string of the molecule is CCCC(=O)Nc1nc2ccc(CCC(=O)Nc3ccc(F)cc3)cc2s1. The zero-order chi connectivity index (χ0) is 19.2. The largest absolute Gasteiger partial charge is 0.326 e. The fourth-order valence-corrected chi connectivity index (χ4v) is 3.55. The van der Waals surface area contributed by atoms with Gasteiger partial charge in [0.2, 0.25) is 11.8 Å². The van der Waals surface area contributed by atoms with E-state index in [-0.39, 0.29) is 17.6 Å². The summed E-state index contributed by atoms with van der Waals surface area (Å²) in [6.45, 7) is 1.95. The average Bonchev–Trinajstić information content (AvgIpc) is 3.03. The lowest BCUT2D eigenvalue weighted by Gasteiger charge is -2.05. The van der Waals surface area contributed by atoms with Gasteiger partial charge in [0, 0.05) is 18.5 Å². The Labute approximate surface area is 160 Å². The number of carbonyl (C=O) groups excluding carboxylic acids is 2. The molecule has 1 aromatic heterocycles. The number of carbonyl (C=O) groups is 2. The molecule has 3 rings (SSSR count). The van der Waals surface area contributed by atoms with Gasteiger partial charge in [0.25, 0.3) is 0 Å². The molecule has 0 radical (unpaired) electrons. The van der Waals surface area contributed by atoms with E-state index in [4.69, 9.17) is 0 Å². The predicted molar refractivity (Wildman–Crippen MR) is 107 cm³/mol. The number of halogens is 1. The van der Waals surface area contributed by atoms with Crippen molar-refractivity contribution in [3.63, 3.8) is 0 Å². The zero-order valence-corrected chi connectivity index (χ0v) is 15.7. The third kappa shape index (κ3) is 5.34. The fourth-order valence-electron chi connectivity index (χ4n) is 2.60. The van der Waals surface area contributed by atoms with E-state index in [1.165, 1.54) is 35.6 Å². The zero-order valence-electron chi connectivity index (χ0n) is 14.9. The van der Waals surface area contributed by atoms with Crippen molar-refractivity contribution >= 4 is 44.2 Å².